The molecular weight excluding hydrogens is 309 g/mol. The number of halogens is 4. The van der Waals surface area contributed by atoms with Crippen LogP contribution in [0.1, 0.15) is 15.9 Å². The maximum absolute atomic E-state index is 13.5. The zero-order valence-electron chi connectivity index (χ0n) is 10.2. The second kappa shape index (κ2) is 5.73. The van der Waals surface area contributed by atoms with Crippen molar-refractivity contribution in [2.45, 2.75) is 6.92 Å². The number of rotatable bonds is 2. The number of carbonyl (C=O) groups excluding carboxylic acids is 1. The fraction of sp³-hybridized carbons (Fsp3) is 0.0769. The van der Waals surface area contributed by atoms with Gasteiger partial charge in [-0.1, -0.05) is 29.3 Å². The molecule has 1 heterocycles. The second-order valence-corrected chi connectivity index (χ2v) is 4.73. The van der Waals surface area contributed by atoms with Crippen LogP contribution in [0.25, 0.3) is 0 Å². The highest BCUT2D eigenvalue weighted by atomic mass is 35.5. The van der Waals surface area contributed by atoms with Gasteiger partial charge in [0, 0.05) is 0 Å². The molecule has 0 aliphatic rings. The molecule has 0 unspecified atom stereocenters. The van der Waals surface area contributed by atoms with E-state index in [0.29, 0.717) is 5.56 Å². The molecule has 0 saturated carbocycles. The molecule has 2 rings (SSSR count). The van der Waals surface area contributed by atoms with Gasteiger partial charge in [-0.15, -0.1) is 0 Å². The molecule has 0 bridgehead atoms. The minimum atomic E-state index is -1.22. The molecule has 3 nitrogen and oxygen atoms in total. The van der Waals surface area contributed by atoms with E-state index in [1.807, 2.05) is 0 Å². The van der Waals surface area contributed by atoms with Gasteiger partial charge in [0.05, 0.1) is 11.3 Å². The summed E-state index contributed by atoms with van der Waals surface area (Å²) in [5.41, 5.74) is 0.334. The number of hydrogen-bond acceptors (Lipinski definition) is 2. The van der Waals surface area contributed by atoms with E-state index in [2.05, 4.69) is 10.3 Å². The molecule has 0 spiro atoms. The van der Waals surface area contributed by atoms with Gasteiger partial charge in [0.2, 0.25) is 0 Å². The van der Waals surface area contributed by atoms with Gasteiger partial charge in [0.25, 0.3) is 5.91 Å². The lowest BCUT2D eigenvalue weighted by Crippen LogP contribution is -2.16. The minimum absolute atomic E-state index is 0.0276. The van der Waals surface area contributed by atoms with Gasteiger partial charge in [0.15, 0.2) is 16.8 Å². The first-order valence-electron chi connectivity index (χ1n) is 5.48. The summed E-state index contributed by atoms with van der Waals surface area (Å²) in [6, 6.07) is 4.82. The molecule has 0 saturated heterocycles. The molecule has 1 amide bonds. The Labute approximate surface area is 123 Å². The minimum Gasteiger partial charge on any atom is -0.319 e. The van der Waals surface area contributed by atoms with E-state index < -0.39 is 23.1 Å². The van der Waals surface area contributed by atoms with Gasteiger partial charge < -0.3 is 5.32 Å². The van der Waals surface area contributed by atoms with Crippen LogP contribution >= 0.6 is 23.2 Å². The van der Waals surface area contributed by atoms with Gasteiger partial charge >= 0.3 is 0 Å². The molecule has 2 aromatic rings. The van der Waals surface area contributed by atoms with Crippen LogP contribution in [0.15, 0.2) is 24.3 Å². The van der Waals surface area contributed by atoms with Gasteiger partial charge in [0.1, 0.15) is 5.15 Å². The van der Waals surface area contributed by atoms with Crippen molar-refractivity contribution in [3.8, 4) is 0 Å². The number of nitrogens with one attached hydrogen (secondary N) is 1. The Morgan fingerprint density at radius 1 is 1.30 bits per heavy atom. The highest BCUT2D eigenvalue weighted by molar-refractivity contribution is 6.35. The van der Waals surface area contributed by atoms with Gasteiger partial charge in [-0.3, -0.25) is 4.79 Å². The maximum Gasteiger partial charge on any atom is 0.258 e. The normalized spacial score (nSPS) is 10.4. The average Bonchev–Trinajstić information content (AvgIpc) is 2.36. The summed E-state index contributed by atoms with van der Waals surface area (Å²) in [5, 5.41) is 2.53. The van der Waals surface area contributed by atoms with E-state index in [1.54, 1.807) is 6.92 Å². The fourth-order valence-corrected chi connectivity index (χ4v) is 2.18. The summed E-state index contributed by atoms with van der Waals surface area (Å²) in [5.74, 6) is -3.15. The molecule has 1 aromatic carbocycles. The average molecular weight is 317 g/mol. The summed E-state index contributed by atoms with van der Waals surface area (Å²) in [6.07, 6.45) is 0. The molecule has 20 heavy (non-hydrogen) atoms. The molecule has 1 N–H and O–H groups in total. The Morgan fingerprint density at radius 3 is 2.65 bits per heavy atom. The molecule has 7 heteroatoms. The maximum atomic E-state index is 13.5. The lowest BCUT2D eigenvalue weighted by atomic mass is 10.1. The van der Waals surface area contributed by atoms with Crippen molar-refractivity contribution < 1.29 is 13.6 Å². The number of pyridine rings is 1. The molecule has 104 valence electrons. The van der Waals surface area contributed by atoms with E-state index in [1.165, 1.54) is 18.2 Å². The third kappa shape index (κ3) is 2.89. The first-order chi connectivity index (χ1) is 9.40. The van der Waals surface area contributed by atoms with E-state index in [-0.39, 0.29) is 16.0 Å². The van der Waals surface area contributed by atoms with Crippen molar-refractivity contribution in [3.05, 3.63) is 57.3 Å². The SMILES string of the molecule is Cc1cc(Cl)nc(Cl)c1NC(=O)c1cccc(F)c1F. The molecule has 0 fully saturated rings. The molecular formula is C13H8Cl2F2N2O. The number of hydrogen-bond donors (Lipinski definition) is 1. The Kier molecular flexibility index (Phi) is 4.20. The van der Waals surface area contributed by atoms with Crippen LogP contribution in [-0.2, 0) is 0 Å². The molecule has 1 aromatic heterocycles. The van der Waals surface area contributed by atoms with Gasteiger partial charge in [-0.05, 0) is 30.7 Å². The molecule has 0 aliphatic heterocycles. The first-order valence-corrected chi connectivity index (χ1v) is 6.23. The van der Waals surface area contributed by atoms with E-state index in [0.717, 1.165) is 6.07 Å². The Morgan fingerprint density at radius 2 is 2.00 bits per heavy atom. The van der Waals surface area contributed by atoms with Crippen molar-refractivity contribution >= 4 is 34.8 Å². The summed E-state index contributed by atoms with van der Waals surface area (Å²) < 4.78 is 26.6. The summed E-state index contributed by atoms with van der Waals surface area (Å²) in [7, 11) is 0. The summed E-state index contributed by atoms with van der Waals surface area (Å²) in [6.45, 7) is 1.65. The third-order valence-corrected chi connectivity index (χ3v) is 3.04. The highest BCUT2D eigenvalue weighted by Gasteiger charge is 2.17. The van der Waals surface area contributed by atoms with Crippen molar-refractivity contribution in [1.29, 1.82) is 0 Å². The number of nitrogens with zero attached hydrogens (tertiary/aromatic N) is 1. The van der Waals surface area contributed by atoms with Crippen LogP contribution in [0, 0.1) is 18.6 Å². The van der Waals surface area contributed by atoms with E-state index >= 15 is 0 Å². The third-order valence-electron chi connectivity index (χ3n) is 2.58. The van der Waals surface area contributed by atoms with Crippen LogP contribution in [0.2, 0.25) is 10.3 Å². The zero-order chi connectivity index (χ0) is 14.9. The number of benzene rings is 1. The Hall–Kier alpha value is -1.72. The van der Waals surface area contributed by atoms with Gasteiger partial charge in [-0.2, -0.15) is 0 Å². The van der Waals surface area contributed by atoms with Crippen molar-refractivity contribution in [3.63, 3.8) is 0 Å². The smallest absolute Gasteiger partial charge is 0.258 e. The number of carbonyl (C=O) groups is 1. The van der Waals surface area contributed by atoms with Crippen LogP contribution in [-0.4, -0.2) is 10.9 Å². The van der Waals surface area contributed by atoms with E-state index in [9.17, 15) is 13.6 Å². The topological polar surface area (TPSA) is 42.0 Å². The van der Waals surface area contributed by atoms with Crippen molar-refractivity contribution in [2.24, 2.45) is 0 Å². The standard InChI is InChI=1S/C13H8Cl2F2N2O/c1-6-5-9(14)18-12(15)11(6)19-13(20)7-3-2-4-8(16)10(7)17/h2-5H,1H3,(H,19,20). The number of aryl methyl sites for hydroxylation is 1. The fourth-order valence-electron chi connectivity index (χ4n) is 1.61. The zero-order valence-corrected chi connectivity index (χ0v) is 11.7. The molecule has 0 aliphatic carbocycles. The summed E-state index contributed by atoms with van der Waals surface area (Å²) >= 11 is 11.6. The van der Waals surface area contributed by atoms with Crippen LogP contribution < -0.4 is 5.32 Å². The first kappa shape index (κ1) is 14.7. The van der Waals surface area contributed by atoms with E-state index in [4.69, 9.17) is 23.2 Å². The van der Waals surface area contributed by atoms with Gasteiger partial charge in [-0.25, -0.2) is 13.8 Å². The number of anilines is 1. The number of amides is 1. The lowest BCUT2D eigenvalue weighted by molar-refractivity contribution is 0.102. The Bertz CT molecular complexity index is 669. The quantitative estimate of drug-likeness (QED) is 0.842. The number of aromatic nitrogens is 1. The highest BCUT2D eigenvalue weighted by Crippen LogP contribution is 2.27. The van der Waals surface area contributed by atoms with Crippen LogP contribution in [0.4, 0.5) is 14.5 Å². The Balaban J connectivity index is 2.36. The largest absolute Gasteiger partial charge is 0.319 e. The lowest BCUT2D eigenvalue weighted by Gasteiger charge is -2.10. The monoisotopic (exact) mass is 316 g/mol. The van der Waals surface area contributed by atoms with Crippen LogP contribution in [0.5, 0.6) is 0 Å². The molecule has 0 atom stereocenters. The predicted molar refractivity (Wildman–Crippen MR) is 73.3 cm³/mol. The van der Waals surface area contributed by atoms with Crippen LogP contribution in [0.3, 0.4) is 0 Å². The second-order valence-electron chi connectivity index (χ2n) is 3.98. The molecule has 0 radical (unpaired) electrons. The van der Waals surface area contributed by atoms with Crippen molar-refractivity contribution in [2.75, 3.05) is 5.32 Å². The summed E-state index contributed by atoms with van der Waals surface area (Å²) in [4.78, 5) is 15.7. The predicted octanol–water partition coefficient (Wildman–Crippen LogP) is 4.23. The van der Waals surface area contributed by atoms with Crippen molar-refractivity contribution in [1.82, 2.24) is 4.98 Å².